The summed E-state index contributed by atoms with van der Waals surface area (Å²) in [6.45, 7) is 3.41. The van der Waals surface area contributed by atoms with Gasteiger partial charge in [-0.15, -0.1) is 0 Å². The Bertz CT molecular complexity index is 421. The summed E-state index contributed by atoms with van der Waals surface area (Å²) in [5.41, 5.74) is 1.31. The van der Waals surface area contributed by atoms with Crippen LogP contribution in [0.1, 0.15) is 24.4 Å². The van der Waals surface area contributed by atoms with Crippen molar-refractivity contribution in [3.05, 3.63) is 29.8 Å². The molecule has 1 fully saturated rings. The van der Waals surface area contributed by atoms with Crippen LogP contribution in [0, 0.1) is 0 Å². The lowest BCUT2D eigenvalue weighted by Gasteiger charge is -2.29. The molecule has 0 saturated carbocycles. The summed E-state index contributed by atoms with van der Waals surface area (Å²) in [6.07, 6.45) is 2.66. The lowest BCUT2D eigenvalue weighted by molar-refractivity contribution is 0.208. The van der Waals surface area contributed by atoms with Crippen molar-refractivity contribution in [1.29, 1.82) is 0 Å². The van der Waals surface area contributed by atoms with E-state index in [4.69, 9.17) is 4.74 Å². The van der Waals surface area contributed by atoms with Crippen molar-refractivity contribution in [2.75, 3.05) is 47.9 Å². The van der Waals surface area contributed by atoms with Gasteiger partial charge in [-0.2, -0.15) is 0 Å². The predicted molar refractivity (Wildman–Crippen MR) is 87.9 cm³/mol. The molecule has 0 radical (unpaired) electrons. The molecule has 1 N–H and O–H groups in total. The molecule has 0 spiro atoms. The van der Waals surface area contributed by atoms with E-state index in [-0.39, 0.29) is 0 Å². The molecular formula is C17H29N3O. The Morgan fingerprint density at radius 2 is 2.10 bits per heavy atom. The van der Waals surface area contributed by atoms with Gasteiger partial charge in [0.2, 0.25) is 0 Å². The second-order valence-electron chi connectivity index (χ2n) is 6.11. The van der Waals surface area contributed by atoms with Gasteiger partial charge in [0.15, 0.2) is 0 Å². The largest absolute Gasteiger partial charge is 0.497 e. The number of nitrogens with zero attached hydrogens (tertiary/aromatic N) is 2. The summed E-state index contributed by atoms with van der Waals surface area (Å²) in [4.78, 5) is 4.93. The number of rotatable bonds is 7. The lowest BCUT2D eigenvalue weighted by atomic mass is 10.1. The zero-order valence-electron chi connectivity index (χ0n) is 13.8. The average Bonchev–Trinajstić information content (AvgIpc) is 2.90. The van der Waals surface area contributed by atoms with Gasteiger partial charge in [0, 0.05) is 25.2 Å². The van der Waals surface area contributed by atoms with Crippen LogP contribution in [0.15, 0.2) is 24.3 Å². The number of hydrogen-bond donors (Lipinski definition) is 1. The van der Waals surface area contributed by atoms with Gasteiger partial charge in [-0.1, -0.05) is 12.1 Å². The van der Waals surface area contributed by atoms with Crippen LogP contribution < -0.4 is 10.1 Å². The van der Waals surface area contributed by atoms with Crippen LogP contribution in [0.4, 0.5) is 0 Å². The quantitative estimate of drug-likeness (QED) is 0.831. The molecule has 1 aliphatic rings. The highest BCUT2D eigenvalue weighted by Gasteiger charge is 2.23. The average molecular weight is 291 g/mol. The summed E-state index contributed by atoms with van der Waals surface area (Å²) in [5, 5.41) is 3.43. The van der Waals surface area contributed by atoms with Crippen molar-refractivity contribution in [3.8, 4) is 5.75 Å². The normalized spacial score (nSPS) is 20.9. The molecule has 1 saturated heterocycles. The molecule has 0 aliphatic carbocycles. The number of likely N-dealkylation sites (N-methyl/N-ethyl adjacent to an activating group) is 3. The molecule has 0 amide bonds. The Hall–Kier alpha value is -1.10. The van der Waals surface area contributed by atoms with Crippen molar-refractivity contribution in [2.45, 2.75) is 24.9 Å². The fourth-order valence-electron chi connectivity index (χ4n) is 3.16. The van der Waals surface area contributed by atoms with Gasteiger partial charge in [0.05, 0.1) is 7.11 Å². The first kappa shape index (κ1) is 16.3. The highest BCUT2D eigenvalue weighted by molar-refractivity contribution is 5.29. The molecule has 2 rings (SSSR count). The smallest absolute Gasteiger partial charge is 0.118 e. The number of benzene rings is 1. The molecule has 1 heterocycles. The van der Waals surface area contributed by atoms with Gasteiger partial charge < -0.3 is 19.9 Å². The van der Waals surface area contributed by atoms with Gasteiger partial charge in [0.25, 0.3) is 0 Å². The summed E-state index contributed by atoms with van der Waals surface area (Å²) < 4.78 is 5.23. The second-order valence-corrected chi connectivity index (χ2v) is 6.11. The Kier molecular flexibility index (Phi) is 6.03. The van der Waals surface area contributed by atoms with E-state index in [0.717, 1.165) is 18.8 Å². The number of ether oxygens (including phenoxy) is 1. The molecular weight excluding hydrogens is 262 g/mol. The van der Waals surface area contributed by atoms with Crippen molar-refractivity contribution in [3.63, 3.8) is 0 Å². The Morgan fingerprint density at radius 3 is 2.62 bits per heavy atom. The molecule has 1 aliphatic heterocycles. The molecule has 1 aromatic carbocycles. The maximum Gasteiger partial charge on any atom is 0.118 e. The topological polar surface area (TPSA) is 27.7 Å². The Labute approximate surface area is 129 Å². The maximum atomic E-state index is 5.23. The fourth-order valence-corrected chi connectivity index (χ4v) is 3.16. The molecule has 2 unspecified atom stereocenters. The summed E-state index contributed by atoms with van der Waals surface area (Å²) in [6, 6.07) is 9.43. The van der Waals surface area contributed by atoms with E-state index in [1.807, 2.05) is 19.2 Å². The van der Waals surface area contributed by atoms with E-state index < -0.39 is 0 Å². The molecule has 118 valence electrons. The zero-order valence-corrected chi connectivity index (χ0v) is 13.8. The van der Waals surface area contributed by atoms with Crippen molar-refractivity contribution in [1.82, 2.24) is 15.1 Å². The standard InChI is InChI=1S/C17H29N3O/c1-18-17(14-7-9-16(21-4)10-8-14)13-19(2)12-15-6-5-11-20(15)3/h7-10,15,17-18H,5-6,11-13H2,1-4H3. The SMILES string of the molecule is CNC(CN(C)CC1CCCN1C)c1ccc(OC)cc1. The molecule has 1 aromatic rings. The zero-order chi connectivity index (χ0) is 15.2. The van der Waals surface area contributed by atoms with E-state index in [1.165, 1.54) is 24.9 Å². The van der Waals surface area contributed by atoms with E-state index in [2.05, 4.69) is 41.3 Å². The van der Waals surface area contributed by atoms with Crippen LogP contribution in [0.25, 0.3) is 0 Å². The van der Waals surface area contributed by atoms with E-state index in [9.17, 15) is 0 Å². The Morgan fingerprint density at radius 1 is 1.38 bits per heavy atom. The summed E-state index contributed by atoms with van der Waals surface area (Å²) in [5.74, 6) is 0.912. The van der Waals surface area contributed by atoms with Gasteiger partial charge in [0.1, 0.15) is 5.75 Å². The molecule has 0 aromatic heterocycles. The summed E-state index contributed by atoms with van der Waals surface area (Å²) >= 11 is 0. The first-order valence-electron chi connectivity index (χ1n) is 7.84. The number of methoxy groups -OCH3 is 1. The van der Waals surface area contributed by atoms with Gasteiger partial charge >= 0.3 is 0 Å². The first-order valence-corrected chi connectivity index (χ1v) is 7.84. The minimum absolute atomic E-state index is 0.354. The van der Waals surface area contributed by atoms with Crippen LogP contribution in [0.5, 0.6) is 5.75 Å². The van der Waals surface area contributed by atoms with Gasteiger partial charge in [-0.05, 0) is 58.2 Å². The number of likely N-dealkylation sites (tertiary alicyclic amines) is 1. The third kappa shape index (κ3) is 4.43. The molecule has 4 nitrogen and oxygen atoms in total. The van der Waals surface area contributed by atoms with Crippen LogP contribution in [0.3, 0.4) is 0 Å². The molecule has 0 bridgehead atoms. The highest BCUT2D eigenvalue weighted by atomic mass is 16.5. The number of hydrogen-bond acceptors (Lipinski definition) is 4. The minimum atomic E-state index is 0.354. The van der Waals surface area contributed by atoms with Crippen molar-refractivity contribution >= 4 is 0 Å². The highest BCUT2D eigenvalue weighted by Crippen LogP contribution is 2.20. The monoisotopic (exact) mass is 291 g/mol. The van der Waals surface area contributed by atoms with E-state index >= 15 is 0 Å². The third-order valence-corrected chi connectivity index (χ3v) is 4.55. The third-order valence-electron chi connectivity index (χ3n) is 4.55. The minimum Gasteiger partial charge on any atom is -0.497 e. The number of nitrogens with one attached hydrogen (secondary N) is 1. The van der Waals surface area contributed by atoms with Gasteiger partial charge in [-0.3, -0.25) is 0 Å². The van der Waals surface area contributed by atoms with Gasteiger partial charge in [-0.25, -0.2) is 0 Å². The lowest BCUT2D eigenvalue weighted by Crippen LogP contribution is -2.40. The van der Waals surface area contributed by atoms with Crippen LogP contribution in [-0.4, -0.2) is 63.7 Å². The molecule has 2 atom stereocenters. The Balaban J connectivity index is 1.91. The van der Waals surface area contributed by atoms with Crippen molar-refractivity contribution in [2.24, 2.45) is 0 Å². The fraction of sp³-hybridized carbons (Fsp3) is 0.647. The summed E-state index contributed by atoms with van der Waals surface area (Å²) in [7, 11) is 8.20. The predicted octanol–water partition coefficient (Wildman–Crippen LogP) is 1.98. The van der Waals surface area contributed by atoms with Crippen LogP contribution in [0.2, 0.25) is 0 Å². The van der Waals surface area contributed by atoms with Crippen LogP contribution >= 0.6 is 0 Å². The van der Waals surface area contributed by atoms with Crippen molar-refractivity contribution < 1.29 is 4.74 Å². The van der Waals surface area contributed by atoms with Crippen LogP contribution in [-0.2, 0) is 0 Å². The van der Waals surface area contributed by atoms with E-state index in [1.54, 1.807) is 7.11 Å². The van der Waals surface area contributed by atoms with E-state index in [0.29, 0.717) is 12.1 Å². The first-order chi connectivity index (χ1) is 10.1. The second kappa shape index (κ2) is 7.78. The maximum absolute atomic E-state index is 5.23. The molecule has 21 heavy (non-hydrogen) atoms. The molecule has 4 heteroatoms.